The quantitative estimate of drug-likeness (QED) is 0.423. The molecule has 1 fully saturated rings. The molecule has 2 aromatic heterocycles. The second-order valence-electron chi connectivity index (χ2n) is 4.23. The van der Waals surface area contributed by atoms with Crippen molar-refractivity contribution in [2.75, 3.05) is 18.1 Å². The minimum Gasteiger partial charge on any atom is -0.388 e. The molecule has 3 heterocycles. The molecule has 1 saturated heterocycles. The van der Waals surface area contributed by atoms with E-state index in [2.05, 4.69) is 19.9 Å². The average Bonchev–Trinajstić information content (AvgIpc) is 2.96. The van der Waals surface area contributed by atoms with Gasteiger partial charge in [-0.1, -0.05) is 0 Å². The van der Waals surface area contributed by atoms with Gasteiger partial charge in [-0.3, -0.25) is 0 Å². The number of nitrogens with zero attached hydrogens (tertiary/aromatic N) is 3. The van der Waals surface area contributed by atoms with Gasteiger partial charge < -0.3 is 25.7 Å². The molecule has 5 N–H and O–H groups in total. The Hall–Kier alpha value is -1.42. The molecule has 102 valence electrons. The lowest BCUT2D eigenvalue weighted by Crippen LogP contribution is -2.31. The van der Waals surface area contributed by atoms with Crippen molar-refractivity contribution in [2.24, 2.45) is 0 Å². The number of aromatic amines is 1. The normalized spacial score (nSPS) is 27.2. The van der Waals surface area contributed by atoms with E-state index in [4.69, 9.17) is 10.5 Å². The zero-order valence-corrected chi connectivity index (χ0v) is 10.7. The summed E-state index contributed by atoms with van der Waals surface area (Å²) < 4.78 is 5.30. The zero-order chi connectivity index (χ0) is 13.4. The van der Waals surface area contributed by atoms with Crippen molar-refractivity contribution in [3.8, 4) is 0 Å². The van der Waals surface area contributed by atoms with E-state index in [9.17, 15) is 10.2 Å². The van der Waals surface area contributed by atoms with Gasteiger partial charge in [0.05, 0.1) is 19.0 Å². The fourth-order valence-corrected chi connectivity index (χ4v) is 2.97. The van der Waals surface area contributed by atoms with Crippen molar-refractivity contribution in [2.45, 2.75) is 23.3 Å². The minimum absolute atomic E-state index is 0.148. The van der Waals surface area contributed by atoms with E-state index in [1.807, 2.05) is 0 Å². The predicted octanol–water partition coefficient (Wildman–Crippen LogP) is -0.852. The summed E-state index contributed by atoms with van der Waals surface area (Å²) in [5, 5.41) is 19.7. The molecule has 2 aromatic rings. The van der Waals surface area contributed by atoms with Crippen LogP contribution in [0.4, 0.5) is 5.95 Å². The van der Waals surface area contributed by atoms with E-state index < -0.39 is 18.3 Å². The van der Waals surface area contributed by atoms with E-state index in [0.29, 0.717) is 21.9 Å². The highest BCUT2D eigenvalue weighted by molar-refractivity contribution is 7.99. The summed E-state index contributed by atoms with van der Waals surface area (Å²) in [6.45, 7) is 0.151. The number of nitrogens with two attached hydrogens (primary N) is 1. The Labute approximate surface area is 112 Å². The summed E-state index contributed by atoms with van der Waals surface area (Å²) >= 11 is 1.37. The Bertz CT molecular complexity index is 592. The summed E-state index contributed by atoms with van der Waals surface area (Å²) in [7, 11) is 0. The third kappa shape index (κ3) is 2.37. The van der Waals surface area contributed by atoms with Gasteiger partial charge in [0.1, 0.15) is 22.8 Å². The largest absolute Gasteiger partial charge is 0.388 e. The number of rotatable bonds is 3. The van der Waals surface area contributed by atoms with Crippen molar-refractivity contribution in [1.82, 2.24) is 19.9 Å². The number of hydrogen-bond acceptors (Lipinski definition) is 8. The van der Waals surface area contributed by atoms with Crippen molar-refractivity contribution in [3.05, 3.63) is 6.33 Å². The fourth-order valence-electron chi connectivity index (χ4n) is 1.90. The topological polar surface area (TPSA) is 130 Å². The number of aromatic nitrogens is 4. The molecule has 0 bridgehead atoms. The van der Waals surface area contributed by atoms with Crippen LogP contribution in [0, 0.1) is 0 Å². The van der Waals surface area contributed by atoms with Crippen molar-refractivity contribution in [3.63, 3.8) is 0 Å². The van der Waals surface area contributed by atoms with Crippen LogP contribution < -0.4 is 5.73 Å². The van der Waals surface area contributed by atoms with E-state index in [-0.39, 0.29) is 12.6 Å². The fraction of sp³-hybridized carbons (Fsp3) is 0.500. The maximum Gasteiger partial charge on any atom is 0.223 e. The third-order valence-electron chi connectivity index (χ3n) is 2.91. The predicted molar refractivity (Wildman–Crippen MR) is 68.6 cm³/mol. The standard InChI is InChI=1S/C10H13N5O3S/c11-10-14-8-6(12-3-13-8)9(15-10)19-2-5-7(17)4(16)1-18-5/h3-5,7,16-17H,1-2H2,(H3,11,12,13,14,15). The Morgan fingerprint density at radius 1 is 1.47 bits per heavy atom. The van der Waals surface area contributed by atoms with Crippen LogP contribution in [0.3, 0.4) is 0 Å². The SMILES string of the molecule is Nc1nc(SCC2OCC(O)C2O)c2[nH]cnc2n1. The smallest absolute Gasteiger partial charge is 0.223 e. The number of nitrogen functional groups attached to an aromatic ring is 1. The molecule has 3 rings (SSSR count). The van der Waals surface area contributed by atoms with Crippen molar-refractivity contribution < 1.29 is 14.9 Å². The third-order valence-corrected chi connectivity index (χ3v) is 3.97. The van der Waals surface area contributed by atoms with Gasteiger partial charge in [0.25, 0.3) is 0 Å². The molecule has 0 saturated carbocycles. The van der Waals surface area contributed by atoms with Gasteiger partial charge in [-0.05, 0) is 0 Å². The molecule has 3 atom stereocenters. The van der Waals surface area contributed by atoms with Gasteiger partial charge in [-0.2, -0.15) is 4.98 Å². The number of anilines is 1. The van der Waals surface area contributed by atoms with Gasteiger partial charge in [0, 0.05) is 5.75 Å². The molecule has 3 unspecified atom stereocenters. The maximum atomic E-state index is 9.70. The first-order valence-corrected chi connectivity index (χ1v) is 6.71. The maximum absolute atomic E-state index is 9.70. The van der Waals surface area contributed by atoms with Crippen LogP contribution in [0.5, 0.6) is 0 Å². The Kier molecular flexibility index (Phi) is 3.27. The average molecular weight is 283 g/mol. The lowest BCUT2D eigenvalue weighted by molar-refractivity contribution is 0.0337. The number of thioether (sulfide) groups is 1. The van der Waals surface area contributed by atoms with Crippen LogP contribution in [-0.2, 0) is 4.74 Å². The van der Waals surface area contributed by atoms with E-state index >= 15 is 0 Å². The lowest BCUT2D eigenvalue weighted by Gasteiger charge is -2.13. The molecule has 9 heteroatoms. The number of hydrogen-bond donors (Lipinski definition) is 4. The van der Waals surface area contributed by atoms with Crippen molar-refractivity contribution in [1.29, 1.82) is 0 Å². The molecule has 1 aliphatic heterocycles. The van der Waals surface area contributed by atoms with Gasteiger partial charge in [0.15, 0.2) is 5.65 Å². The molecule has 0 aliphatic carbocycles. The molecule has 0 aromatic carbocycles. The van der Waals surface area contributed by atoms with Crippen LogP contribution in [0.2, 0.25) is 0 Å². The lowest BCUT2D eigenvalue weighted by atomic mass is 10.2. The van der Waals surface area contributed by atoms with Gasteiger partial charge in [0.2, 0.25) is 5.95 Å². The van der Waals surface area contributed by atoms with Gasteiger partial charge >= 0.3 is 0 Å². The summed E-state index contributed by atoms with van der Waals surface area (Å²) in [4.78, 5) is 15.1. The highest BCUT2D eigenvalue weighted by Gasteiger charge is 2.34. The van der Waals surface area contributed by atoms with E-state index in [0.717, 1.165) is 0 Å². The second kappa shape index (κ2) is 4.93. The molecule has 0 radical (unpaired) electrons. The van der Waals surface area contributed by atoms with E-state index in [1.54, 1.807) is 0 Å². The molecular weight excluding hydrogens is 270 g/mol. The number of fused-ring (bicyclic) bond motifs is 1. The summed E-state index contributed by atoms with van der Waals surface area (Å²) in [6.07, 6.45) is -0.598. The van der Waals surface area contributed by atoms with Crippen LogP contribution in [-0.4, -0.2) is 60.8 Å². The Morgan fingerprint density at radius 2 is 2.32 bits per heavy atom. The van der Waals surface area contributed by atoms with Crippen LogP contribution in [0.15, 0.2) is 11.4 Å². The second-order valence-corrected chi connectivity index (χ2v) is 5.24. The Morgan fingerprint density at radius 3 is 3.05 bits per heavy atom. The summed E-state index contributed by atoms with van der Waals surface area (Å²) in [6, 6.07) is 0. The first-order valence-electron chi connectivity index (χ1n) is 5.72. The first-order chi connectivity index (χ1) is 9.15. The molecule has 19 heavy (non-hydrogen) atoms. The van der Waals surface area contributed by atoms with E-state index in [1.165, 1.54) is 18.1 Å². The number of aliphatic hydroxyl groups excluding tert-OH is 2. The molecule has 8 nitrogen and oxygen atoms in total. The van der Waals surface area contributed by atoms with Crippen molar-refractivity contribution >= 4 is 28.9 Å². The monoisotopic (exact) mass is 283 g/mol. The number of nitrogens with one attached hydrogen (secondary N) is 1. The van der Waals surface area contributed by atoms with Crippen LogP contribution >= 0.6 is 11.8 Å². The zero-order valence-electron chi connectivity index (χ0n) is 9.85. The van der Waals surface area contributed by atoms with Gasteiger partial charge in [-0.15, -0.1) is 11.8 Å². The highest BCUT2D eigenvalue weighted by Crippen LogP contribution is 2.27. The molecule has 1 aliphatic rings. The molecule has 0 amide bonds. The number of ether oxygens (including phenoxy) is 1. The number of aliphatic hydroxyl groups is 2. The molecule has 0 spiro atoms. The first kappa shape index (κ1) is 12.6. The highest BCUT2D eigenvalue weighted by atomic mass is 32.2. The Balaban J connectivity index is 1.76. The number of imidazole rings is 1. The van der Waals surface area contributed by atoms with Gasteiger partial charge in [-0.25, -0.2) is 9.97 Å². The summed E-state index contributed by atoms with van der Waals surface area (Å²) in [5.41, 5.74) is 6.81. The minimum atomic E-state index is -0.871. The molecular formula is C10H13N5O3S. The van der Waals surface area contributed by atoms with Crippen LogP contribution in [0.25, 0.3) is 11.2 Å². The summed E-state index contributed by atoms with van der Waals surface area (Å²) in [5.74, 6) is 0.609. The van der Waals surface area contributed by atoms with Crippen LogP contribution in [0.1, 0.15) is 0 Å². The number of H-pyrrole nitrogens is 1.